The Hall–Kier alpha value is -3.74. The normalized spacial score (nSPS) is 10.8. The summed E-state index contributed by atoms with van der Waals surface area (Å²) < 4.78 is 21.7. The molecule has 0 fully saturated rings. The van der Waals surface area contributed by atoms with Gasteiger partial charge in [0.15, 0.2) is 11.5 Å². The molecular weight excluding hydrogens is 360 g/mol. The molecule has 4 rings (SSSR count). The third-order valence-corrected chi connectivity index (χ3v) is 4.48. The number of nitrogens with zero attached hydrogens (tertiary/aromatic N) is 1. The number of methoxy groups -OCH3 is 3. The number of benzene rings is 2. The van der Waals surface area contributed by atoms with Crippen LogP contribution in [0.15, 0.2) is 58.1 Å². The monoisotopic (exact) mass is 378 g/mol. The number of fused-ring (bicyclic) bond motifs is 1. The van der Waals surface area contributed by atoms with Crippen LogP contribution >= 0.6 is 0 Å². The van der Waals surface area contributed by atoms with E-state index in [9.17, 15) is 4.79 Å². The number of furan rings is 1. The van der Waals surface area contributed by atoms with Crippen LogP contribution in [-0.2, 0) is 0 Å². The third kappa shape index (κ3) is 2.87. The van der Waals surface area contributed by atoms with Gasteiger partial charge >= 0.3 is 0 Å². The van der Waals surface area contributed by atoms with Crippen molar-refractivity contribution in [1.29, 1.82) is 0 Å². The first-order chi connectivity index (χ1) is 13.7. The minimum atomic E-state index is -0.328. The molecule has 0 saturated carbocycles. The Morgan fingerprint density at radius 1 is 1.00 bits per heavy atom. The van der Waals surface area contributed by atoms with Gasteiger partial charge < -0.3 is 23.6 Å². The van der Waals surface area contributed by atoms with Crippen LogP contribution in [-0.4, -0.2) is 31.3 Å². The Bertz CT molecular complexity index is 1180. The van der Waals surface area contributed by atoms with Crippen molar-refractivity contribution in [3.05, 3.63) is 59.2 Å². The highest BCUT2D eigenvalue weighted by Crippen LogP contribution is 2.40. The van der Waals surface area contributed by atoms with E-state index in [2.05, 4.69) is 9.97 Å². The van der Waals surface area contributed by atoms with Crippen LogP contribution < -0.4 is 19.8 Å². The molecule has 0 atom stereocenters. The molecule has 7 heteroatoms. The SMILES string of the molecule is COc1cc(-c2nc(-c3coc4ccccc34)c[nH]c2=O)cc(OC)c1OC. The van der Waals surface area contributed by atoms with Gasteiger partial charge in [-0.25, -0.2) is 4.98 Å². The molecule has 0 amide bonds. The molecule has 2 aromatic heterocycles. The maximum Gasteiger partial charge on any atom is 0.274 e. The van der Waals surface area contributed by atoms with Crippen LogP contribution in [0.3, 0.4) is 0 Å². The first-order valence-electron chi connectivity index (χ1n) is 8.53. The van der Waals surface area contributed by atoms with Crippen molar-refractivity contribution >= 4 is 11.0 Å². The van der Waals surface area contributed by atoms with E-state index in [1.54, 1.807) is 24.6 Å². The highest BCUT2D eigenvalue weighted by Gasteiger charge is 2.18. The van der Waals surface area contributed by atoms with E-state index in [-0.39, 0.29) is 11.3 Å². The van der Waals surface area contributed by atoms with E-state index < -0.39 is 0 Å². The molecule has 0 aliphatic heterocycles. The molecule has 7 nitrogen and oxygen atoms in total. The molecule has 28 heavy (non-hydrogen) atoms. The van der Waals surface area contributed by atoms with Crippen molar-refractivity contribution in [2.24, 2.45) is 0 Å². The largest absolute Gasteiger partial charge is 0.493 e. The van der Waals surface area contributed by atoms with Gasteiger partial charge in [-0.15, -0.1) is 0 Å². The minimum Gasteiger partial charge on any atom is -0.493 e. The summed E-state index contributed by atoms with van der Waals surface area (Å²) in [7, 11) is 4.56. The number of hydrogen-bond donors (Lipinski definition) is 1. The Kier molecular flexibility index (Phi) is 4.49. The summed E-state index contributed by atoms with van der Waals surface area (Å²) in [4.78, 5) is 19.8. The van der Waals surface area contributed by atoms with Crippen LogP contribution in [0.5, 0.6) is 17.2 Å². The summed E-state index contributed by atoms with van der Waals surface area (Å²) >= 11 is 0. The molecular formula is C21H18N2O5. The third-order valence-electron chi connectivity index (χ3n) is 4.48. The second-order valence-electron chi connectivity index (χ2n) is 6.02. The van der Waals surface area contributed by atoms with E-state index >= 15 is 0 Å². The van der Waals surface area contributed by atoms with Gasteiger partial charge in [-0.1, -0.05) is 18.2 Å². The fraction of sp³-hybridized carbons (Fsp3) is 0.143. The average molecular weight is 378 g/mol. The van der Waals surface area contributed by atoms with Crippen LogP contribution in [0.1, 0.15) is 0 Å². The zero-order valence-corrected chi connectivity index (χ0v) is 15.6. The lowest BCUT2D eigenvalue weighted by Crippen LogP contribution is -2.11. The summed E-state index contributed by atoms with van der Waals surface area (Å²) in [5, 5.41) is 0.915. The van der Waals surface area contributed by atoms with Crippen LogP contribution in [0.2, 0.25) is 0 Å². The van der Waals surface area contributed by atoms with Gasteiger partial charge in [0.1, 0.15) is 17.5 Å². The van der Waals surface area contributed by atoms with E-state index in [4.69, 9.17) is 18.6 Å². The van der Waals surface area contributed by atoms with E-state index in [1.807, 2.05) is 24.3 Å². The topological polar surface area (TPSA) is 86.6 Å². The highest BCUT2D eigenvalue weighted by atomic mass is 16.5. The summed E-state index contributed by atoms with van der Waals surface area (Å²) in [5.41, 5.74) is 2.59. The lowest BCUT2D eigenvalue weighted by Gasteiger charge is -2.14. The number of hydrogen-bond acceptors (Lipinski definition) is 6. The smallest absolute Gasteiger partial charge is 0.274 e. The Labute approximate surface area is 160 Å². The van der Waals surface area contributed by atoms with Gasteiger partial charge in [0.05, 0.1) is 27.0 Å². The van der Waals surface area contributed by atoms with Crippen molar-refractivity contribution in [3.63, 3.8) is 0 Å². The van der Waals surface area contributed by atoms with Crippen LogP contribution in [0, 0.1) is 0 Å². The van der Waals surface area contributed by atoms with Crippen LogP contribution in [0.25, 0.3) is 33.5 Å². The maximum atomic E-state index is 12.5. The number of aromatic amines is 1. The average Bonchev–Trinajstić information content (AvgIpc) is 3.17. The van der Waals surface area contributed by atoms with Gasteiger partial charge in [0.2, 0.25) is 5.75 Å². The van der Waals surface area contributed by atoms with Crippen molar-refractivity contribution < 1.29 is 18.6 Å². The molecule has 1 N–H and O–H groups in total. The molecule has 0 radical (unpaired) electrons. The lowest BCUT2D eigenvalue weighted by molar-refractivity contribution is 0.324. The molecule has 4 aromatic rings. The first kappa shape index (κ1) is 17.7. The summed E-state index contributed by atoms with van der Waals surface area (Å²) in [6.45, 7) is 0. The van der Waals surface area contributed by atoms with Crippen molar-refractivity contribution in [3.8, 4) is 39.8 Å². The number of aromatic nitrogens is 2. The summed E-state index contributed by atoms with van der Waals surface area (Å²) in [6, 6.07) is 11.0. The minimum absolute atomic E-state index is 0.238. The zero-order chi connectivity index (χ0) is 19.7. The second-order valence-corrected chi connectivity index (χ2v) is 6.02. The number of nitrogens with one attached hydrogen (secondary N) is 1. The Morgan fingerprint density at radius 2 is 1.71 bits per heavy atom. The molecule has 142 valence electrons. The number of H-pyrrole nitrogens is 1. The standard InChI is InChI=1S/C21H18N2O5/c1-25-17-8-12(9-18(26-2)20(17)27-3)19-21(24)22-10-15(23-19)14-11-28-16-7-5-4-6-13(14)16/h4-11H,1-3H3,(H,22,24). The van der Waals surface area contributed by atoms with Crippen LogP contribution in [0.4, 0.5) is 0 Å². The molecule has 2 aromatic carbocycles. The van der Waals surface area contributed by atoms with Crippen molar-refractivity contribution in [1.82, 2.24) is 9.97 Å². The fourth-order valence-electron chi connectivity index (χ4n) is 3.13. The van der Waals surface area contributed by atoms with Gasteiger partial charge in [0, 0.05) is 22.7 Å². The van der Waals surface area contributed by atoms with E-state index in [0.29, 0.717) is 28.5 Å². The second kappa shape index (κ2) is 7.11. The fourth-order valence-corrected chi connectivity index (χ4v) is 3.13. The quantitative estimate of drug-likeness (QED) is 0.567. The Morgan fingerprint density at radius 3 is 2.39 bits per heavy atom. The molecule has 0 bridgehead atoms. The number of rotatable bonds is 5. The Balaban J connectivity index is 1.90. The van der Waals surface area contributed by atoms with Gasteiger partial charge in [-0.2, -0.15) is 0 Å². The zero-order valence-electron chi connectivity index (χ0n) is 15.6. The summed E-state index contributed by atoms with van der Waals surface area (Å²) in [5.74, 6) is 1.33. The predicted molar refractivity (Wildman–Crippen MR) is 105 cm³/mol. The summed E-state index contributed by atoms with van der Waals surface area (Å²) in [6.07, 6.45) is 3.20. The maximum absolute atomic E-state index is 12.5. The molecule has 2 heterocycles. The van der Waals surface area contributed by atoms with Crippen molar-refractivity contribution in [2.45, 2.75) is 0 Å². The first-order valence-corrected chi connectivity index (χ1v) is 8.53. The molecule has 0 aliphatic rings. The molecule has 0 aliphatic carbocycles. The number of ether oxygens (including phenoxy) is 3. The van der Waals surface area contributed by atoms with E-state index in [1.165, 1.54) is 21.3 Å². The highest BCUT2D eigenvalue weighted by molar-refractivity contribution is 5.92. The molecule has 0 spiro atoms. The molecule has 0 unspecified atom stereocenters. The van der Waals surface area contributed by atoms with Gasteiger partial charge in [0.25, 0.3) is 5.56 Å². The van der Waals surface area contributed by atoms with Crippen molar-refractivity contribution in [2.75, 3.05) is 21.3 Å². The van der Waals surface area contributed by atoms with Gasteiger partial charge in [-0.3, -0.25) is 4.79 Å². The lowest BCUT2D eigenvalue weighted by atomic mass is 10.1. The molecule has 0 saturated heterocycles. The van der Waals surface area contributed by atoms with Gasteiger partial charge in [-0.05, 0) is 18.2 Å². The predicted octanol–water partition coefficient (Wildman–Crippen LogP) is 3.88. The van der Waals surface area contributed by atoms with E-state index in [0.717, 1.165) is 16.5 Å². The number of para-hydroxylation sites is 1.